The fourth-order valence-electron chi connectivity index (χ4n) is 10.2. The summed E-state index contributed by atoms with van der Waals surface area (Å²) >= 11 is 0. The third-order valence-corrected chi connectivity index (χ3v) is 12.5. The van der Waals surface area contributed by atoms with Gasteiger partial charge in [0.05, 0.1) is 10.6 Å². The molecule has 0 aromatic carbocycles. The van der Waals surface area contributed by atoms with Crippen molar-refractivity contribution < 1.29 is 19.3 Å². The number of hydrogen-bond acceptors (Lipinski definition) is 5. The first-order chi connectivity index (χ1) is 17.0. The van der Waals surface area contributed by atoms with Crippen LogP contribution in [0, 0.1) is 49.7 Å². The molecule has 0 radical (unpaired) electrons. The van der Waals surface area contributed by atoms with Crippen LogP contribution in [0.4, 0.5) is 0 Å². The average Bonchev–Trinajstić information content (AvgIpc) is 2.82. The number of Topliss-reactive ketones (excluding diaryl/α,β-unsaturated/α-hetero) is 1. The first kappa shape index (κ1) is 26.6. The van der Waals surface area contributed by atoms with Gasteiger partial charge in [0.25, 0.3) is 5.54 Å². The lowest BCUT2D eigenvalue weighted by Crippen LogP contribution is -2.68. The van der Waals surface area contributed by atoms with Crippen LogP contribution in [0.3, 0.4) is 0 Å². The molecule has 6 heteroatoms. The zero-order valence-corrected chi connectivity index (χ0v) is 24.4. The first-order valence-electron chi connectivity index (χ1n) is 14.3. The first-order valence-corrected chi connectivity index (χ1v) is 14.3. The van der Waals surface area contributed by atoms with Gasteiger partial charge >= 0.3 is 0 Å². The number of carbonyl (C=O) groups excluding carboxylic acids is 2. The van der Waals surface area contributed by atoms with Crippen LogP contribution in [-0.4, -0.2) is 36.2 Å². The van der Waals surface area contributed by atoms with Gasteiger partial charge in [-0.25, -0.2) is 4.84 Å². The van der Waals surface area contributed by atoms with Gasteiger partial charge in [-0.1, -0.05) is 54.0 Å². The number of rotatable bonds is 3. The number of carbonyl (C=O) groups is 2. The molecule has 0 heterocycles. The lowest BCUT2D eigenvalue weighted by Gasteiger charge is -2.67. The smallest absolute Gasteiger partial charge is 0.269 e. The second-order valence-corrected chi connectivity index (χ2v) is 14.9. The van der Waals surface area contributed by atoms with Crippen LogP contribution >= 0.6 is 0 Å². The zero-order valence-electron chi connectivity index (χ0n) is 24.4. The lowest BCUT2D eigenvalue weighted by molar-refractivity contribution is -0.856. The van der Waals surface area contributed by atoms with Gasteiger partial charge in [-0.05, 0) is 66.4 Å². The van der Waals surface area contributed by atoms with E-state index in [4.69, 9.17) is 4.84 Å². The Morgan fingerprint density at radius 3 is 2.24 bits per heavy atom. The van der Waals surface area contributed by atoms with Gasteiger partial charge in [0.15, 0.2) is 18.7 Å². The number of allylic oxidation sites excluding steroid dienone is 4. The molecular weight excluding hydrogens is 464 g/mol. The van der Waals surface area contributed by atoms with Crippen molar-refractivity contribution in [3.63, 3.8) is 0 Å². The highest BCUT2D eigenvalue weighted by Crippen LogP contribution is 2.73. The summed E-state index contributed by atoms with van der Waals surface area (Å²) in [6.07, 6.45) is 10.1. The maximum Gasteiger partial charge on any atom is 0.269 e. The van der Waals surface area contributed by atoms with E-state index in [-0.39, 0.29) is 51.0 Å². The Bertz CT molecular complexity index is 1130. The van der Waals surface area contributed by atoms with Crippen molar-refractivity contribution in [1.82, 2.24) is 5.32 Å². The fraction of sp³-hybridized carbons (Fsp3) is 0.806. The second-order valence-electron chi connectivity index (χ2n) is 14.9. The number of nitrogens with zero attached hydrogens (tertiary/aromatic N) is 1. The van der Waals surface area contributed by atoms with Crippen LogP contribution in [0.2, 0.25) is 0 Å². The molecular formula is C31H47N2O4+. The minimum Gasteiger partial charge on any atom is -0.385 e. The molecule has 0 aromatic heterocycles. The average molecular weight is 512 g/mol. The van der Waals surface area contributed by atoms with Crippen molar-refractivity contribution in [1.29, 1.82) is 0 Å². The van der Waals surface area contributed by atoms with E-state index in [0.29, 0.717) is 5.70 Å². The third kappa shape index (κ3) is 3.16. The zero-order chi connectivity index (χ0) is 27.4. The lowest BCUT2D eigenvalue weighted by atomic mass is 9.35. The van der Waals surface area contributed by atoms with Crippen molar-refractivity contribution >= 4 is 11.6 Å². The summed E-state index contributed by atoms with van der Waals surface area (Å²) in [6, 6.07) is 0. The van der Waals surface area contributed by atoms with E-state index in [0.717, 1.165) is 49.9 Å². The van der Waals surface area contributed by atoms with Gasteiger partial charge in [-0.2, -0.15) is 0 Å². The highest BCUT2D eigenvalue weighted by atomic mass is 16.8. The van der Waals surface area contributed by atoms with Crippen molar-refractivity contribution in [2.24, 2.45) is 44.8 Å². The van der Waals surface area contributed by atoms with Crippen molar-refractivity contribution in [2.75, 3.05) is 14.2 Å². The van der Waals surface area contributed by atoms with E-state index < -0.39 is 11.0 Å². The molecule has 3 saturated carbocycles. The molecule has 5 aliphatic rings. The summed E-state index contributed by atoms with van der Waals surface area (Å²) in [6.45, 7) is 15.7. The Balaban J connectivity index is 1.70. The molecule has 6 nitrogen and oxygen atoms in total. The Morgan fingerprint density at radius 2 is 1.62 bits per heavy atom. The summed E-state index contributed by atoms with van der Waals surface area (Å²) in [5, 5.41) is 3.17. The maximum absolute atomic E-state index is 14.4. The predicted octanol–water partition coefficient (Wildman–Crippen LogP) is 5.95. The standard InChI is InChI=1S/C31H47N2O4/c1-26(2)12-14-31(33(36)37-9)15-13-30(7)24(19(31)17-26)21(34)16-23-28(5)18-20(32-8)25(35)27(3,4)22(28)10-11-29(23,30)6/h16,18-19,22,24,32H,10-15,17H2,1-9H3/q+1/t19-,22-,24-,28-,29+,30+,31-/m0/s1. The molecule has 0 aromatic rings. The molecule has 0 amide bonds. The summed E-state index contributed by atoms with van der Waals surface area (Å²) in [5.74, 6) is 0.205. The van der Waals surface area contributed by atoms with Gasteiger partial charge in [-0.15, -0.1) is 0 Å². The van der Waals surface area contributed by atoms with Crippen LogP contribution in [0.25, 0.3) is 0 Å². The molecule has 0 bridgehead atoms. The number of likely N-dealkylation sites (N-methyl/N-ethyl adjacent to an activating group) is 1. The molecule has 0 spiro atoms. The summed E-state index contributed by atoms with van der Waals surface area (Å²) < 4.78 is 0. The highest BCUT2D eigenvalue weighted by molar-refractivity contribution is 6.01. The van der Waals surface area contributed by atoms with Gasteiger partial charge in [0.2, 0.25) is 4.92 Å². The van der Waals surface area contributed by atoms with Gasteiger partial charge in [0, 0.05) is 42.6 Å². The molecule has 0 unspecified atom stereocenters. The van der Waals surface area contributed by atoms with Crippen molar-refractivity contribution in [3.8, 4) is 0 Å². The Labute approximate surface area is 222 Å². The van der Waals surface area contributed by atoms with E-state index in [1.165, 1.54) is 12.7 Å². The van der Waals surface area contributed by atoms with E-state index in [1.807, 2.05) is 13.1 Å². The number of fused-ring (bicyclic) bond motifs is 7. The number of hydrogen-bond donors (Lipinski definition) is 1. The van der Waals surface area contributed by atoms with E-state index in [2.05, 4.69) is 59.9 Å². The van der Waals surface area contributed by atoms with Gasteiger partial charge < -0.3 is 5.32 Å². The monoisotopic (exact) mass is 511 g/mol. The van der Waals surface area contributed by atoms with Gasteiger partial charge in [0.1, 0.15) is 0 Å². The minimum atomic E-state index is -0.647. The molecule has 3 fully saturated rings. The number of ketones is 2. The maximum atomic E-state index is 14.4. The molecule has 5 aliphatic carbocycles. The second kappa shape index (κ2) is 7.79. The van der Waals surface area contributed by atoms with Gasteiger partial charge in [-0.3, -0.25) is 9.59 Å². The van der Waals surface area contributed by atoms with Crippen molar-refractivity contribution in [3.05, 3.63) is 28.3 Å². The Morgan fingerprint density at radius 1 is 0.973 bits per heavy atom. The van der Waals surface area contributed by atoms with E-state index >= 15 is 0 Å². The van der Waals surface area contributed by atoms with Crippen LogP contribution in [0.15, 0.2) is 23.4 Å². The topological polar surface area (TPSA) is 75.5 Å². The van der Waals surface area contributed by atoms with E-state index in [1.54, 1.807) is 0 Å². The number of nitrogens with one attached hydrogen (secondary N) is 1. The molecule has 1 N–H and O–H groups in total. The fourth-order valence-corrected chi connectivity index (χ4v) is 10.2. The molecule has 37 heavy (non-hydrogen) atoms. The van der Waals surface area contributed by atoms with Crippen molar-refractivity contribution in [2.45, 2.75) is 99.0 Å². The highest BCUT2D eigenvalue weighted by Gasteiger charge is 2.74. The summed E-state index contributed by atoms with van der Waals surface area (Å²) in [7, 11) is 3.29. The summed E-state index contributed by atoms with van der Waals surface area (Å²) in [4.78, 5) is 47.3. The van der Waals surface area contributed by atoms with Crippen LogP contribution in [-0.2, 0) is 14.4 Å². The predicted molar refractivity (Wildman–Crippen MR) is 143 cm³/mol. The van der Waals surface area contributed by atoms with E-state index in [9.17, 15) is 14.5 Å². The Kier molecular flexibility index (Phi) is 5.60. The Hall–Kier alpha value is -1.98. The normalized spacial score (nSPS) is 45.8. The van der Waals surface area contributed by atoms with Crippen LogP contribution in [0.5, 0.6) is 0 Å². The molecule has 5 rings (SSSR count). The largest absolute Gasteiger partial charge is 0.385 e. The SMILES string of the molecule is CNC1=C[C@]2(C)C3=CC(=O)[C@@H]4[C@@H]5CC(C)(C)CC[C@]5([N+](=O)OC)CC[C@@]4(C)[C@]3(C)CC[C@H]2C(C)(C)C1=O. The summed E-state index contributed by atoms with van der Waals surface area (Å²) in [5.41, 5.74) is -0.0755. The molecule has 0 aliphatic heterocycles. The van der Waals surface area contributed by atoms with Crippen LogP contribution in [0.1, 0.15) is 93.4 Å². The van der Waals surface area contributed by atoms with Crippen LogP contribution < -0.4 is 5.32 Å². The molecule has 7 atom stereocenters. The third-order valence-electron chi connectivity index (χ3n) is 12.5. The quantitative estimate of drug-likeness (QED) is 0.474. The molecule has 204 valence electrons. The minimum absolute atomic E-state index is 0.0482. The molecule has 0 saturated heterocycles.